The quantitative estimate of drug-likeness (QED) is 0.536. The van der Waals surface area contributed by atoms with E-state index in [0.29, 0.717) is 31.3 Å². The van der Waals surface area contributed by atoms with Gasteiger partial charge >= 0.3 is 0 Å². The summed E-state index contributed by atoms with van der Waals surface area (Å²) in [5, 5.41) is 10.6. The van der Waals surface area contributed by atoms with Crippen LogP contribution in [0.25, 0.3) is 0 Å². The number of rotatable bonds is 6. The average molecular weight is 503 g/mol. The van der Waals surface area contributed by atoms with Gasteiger partial charge < -0.3 is 19.3 Å². The van der Waals surface area contributed by atoms with Gasteiger partial charge in [-0.25, -0.2) is 0 Å². The molecule has 0 spiro atoms. The van der Waals surface area contributed by atoms with Crippen LogP contribution in [0, 0.1) is 23.2 Å². The van der Waals surface area contributed by atoms with Gasteiger partial charge in [0.1, 0.15) is 11.4 Å². The van der Waals surface area contributed by atoms with Crippen molar-refractivity contribution >= 4 is 17.3 Å². The first-order valence-electron chi connectivity index (χ1n) is 13.4. The van der Waals surface area contributed by atoms with Crippen LogP contribution in [0.4, 0.5) is 0 Å². The Balaban J connectivity index is 1.69. The molecule has 36 heavy (non-hydrogen) atoms. The summed E-state index contributed by atoms with van der Waals surface area (Å²) >= 11 is 0. The molecule has 0 aromatic rings. The van der Waals surface area contributed by atoms with E-state index in [2.05, 4.69) is 6.92 Å². The van der Waals surface area contributed by atoms with Gasteiger partial charge in [-0.3, -0.25) is 14.4 Å². The van der Waals surface area contributed by atoms with Crippen LogP contribution in [0.3, 0.4) is 0 Å². The summed E-state index contributed by atoms with van der Waals surface area (Å²) in [4.78, 5) is 40.5. The summed E-state index contributed by atoms with van der Waals surface area (Å²) in [7, 11) is 1.38. The molecule has 0 aromatic heterocycles. The molecular weight excluding hydrogens is 460 g/mol. The van der Waals surface area contributed by atoms with E-state index < -0.39 is 22.9 Å². The number of Topliss-reactive ketones (excluding diaryl/α,β-unsaturated/α-hetero) is 3. The Kier molecular flexibility index (Phi) is 6.83. The lowest BCUT2D eigenvalue weighted by Gasteiger charge is -2.60. The summed E-state index contributed by atoms with van der Waals surface area (Å²) in [6.45, 7) is 13.2. The van der Waals surface area contributed by atoms with Crippen LogP contribution < -0.4 is 0 Å². The molecule has 0 radical (unpaired) electrons. The maximum atomic E-state index is 13.8. The number of carbonyl (C=O) groups is 3. The van der Waals surface area contributed by atoms with Crippen molar-refractivity contribution in [2.45, 2.75) is 110 Å². The number of allylic oxidation sites excluding steroid dienone is 2. The molecule has 2 fully saturated rings. The van der Waals surface area contributed by atoms with Crippen molar-refractivity contribution < 1.29 is 33.7 Å². The Hall–Kier alpha value is -1.99. The molecule has 2 aliphatic heterocycles. The van der Waals surface area contributed by atoms with E-state index in [1.165, 1.54) is 7.11 Å². The van der Waals surface area contributed by atoms with E-state index in [0.717, 1.165) is 12.8 Å². The zero-order valence-electron chi connectivity index (χ0n) is 23.0. The third kappa shape index (κ3) is 4.07. The van der Waals surface area contributed by atoms with E-state index in [1.807, 2.05) is 20.8 Å². The van der Waals surface area contributed by atoms with Crippen molar-refractivity contribution in [3.05, 3.63) is 22.7 Å². The van der Waals surface area contributed by atoms with E-state index in [9.17, 15) is 19.5 Å². The molecule has 1 saturated carbocycles. The number of ketones is 3. The lowest BCUT2D eigenvalue weighted by atomic mass is 9.53. The molecule has 7 nitrogen and oxygen atoms in total. The summed E-state index contributed by atoms with van der Waals surface area (Å²) in [6.07, 6.45) is 3.70. The third-order valence-corrected chi connectivity index (χ3v) is 9.59. The van der Waals surface area contributed by atoms with Crippen molar-refractivity contribution in [2.24, 2.45) is 23.2 Å². The number of hydrogen-bond donors (Lipinski definition) is 1. The van der Waals surface area contributed by atoms with Gasteiger partial charge in [0.2, 0.25) is 11.6 Å². The fraction of sp³-hybridized carbons (Fsp3) is 0.759. The fourth-order valence-electron chi connectivity index (χ4n) is 7.02. The molecule has 4 aliphatic rings. The Morgan fingerprint density at radius 3 is 2.42 bits per heavy atom. The minimum atomic E-state index is -0.926. The number of hydrogen-bond acceptors (Lipinski definition) is 7. The predicted octanol–water partition coefficient (Wildman–Crippen LogP) is 4.46. The number of carbonyl (C=O) groups excluding carboxylic acids is 3. The Labute approximate surface area is 214 Å². The van der Waals surface area contributed by atoms with Gasteiger partial charge in [-0.2, -0.15) is 0 Å². The highest BCUT2D eigenvalue weighted by atomic mass is 16.5. The number of fused-ring (bicyclic) bond motifs is 3. The van der Waals surface area contributed by atoms with Crippen LogP contribution in [0.1, 0.15) is 87.0 Å². The summed E-state index contributed by atoms with van der Waals surface area (Å²) in [5.74, 6) is -1.81. The number of aliphatic hydroxyl groups is 1. The second-order valence-electron chi connectivity index (χ2n) is 12.4. The Bertz CT molecular complexity index is 1030. The SMILES string of the molecule is CCC(C)C(=O)C(C)C1=C(OC)C(=O)C2=C(OC3(C)CCC4OC(C(C)(C)O)CCC4(C)C3C2)C1=O. The summed E-state index contributed by atoms with van der Waals surface area (Å²) in [6, 6.07) is 0. The van der Waals surface area contributed by atoms with E-state index >= 15 is 0 Å². The highest BCUT2D eigenvalue weighted by Gasteiger charge is 2.61. The van der Waals surface area contributed by atoms with Crippen molar-refractivity contribution in [1.29, 1.82) is 0 Å². The molecule has 7 unspecified atom stereocenters. The molecule has 0 amide bonds. The fourth-order valence-corrected chi connectivity index (χ4v) is 7.02. The van der Waals surface area contributed by atoms with Crippen LogP contribution in [0.2, 0.25) is 0 Å². The third-order valence-electron chi connectivity index (χ3n) is 9.59. The molecule has 2 aliphatic carbocycles. The van der Waals surface area contributed by atoms with E-state index in [1.54, 1.807) is 20.8 Å². The lowest BCUT2D eigenvalue weighted by molar-refractivity contribution is -0.245. The standard InChI is InChI=1S/C29H42O7/c1-9-15(2)22(30)16(3)21-24(32)25-17(23(31)26(21)34-8)14-18-28(6)12-10-19(27(4,5)33)35-20(28)11-13-29(18,7)36-25/h15-16,18-20,33H,9-14H2,1-8H3. The highest BCUT2D eigenvalue weighted by molar-refractivity contribution is 6.25. The molecule has 200 valence electrons. The number of methoxy groups -OCH3 is 1. The second kappa shape index (κ2) is 9.09. The first kappa shape index (κ1) is 27.1. The van der Waals surface area contributed by atoms with Gasteiger partial charge in [-0.15, -0.1) is 0 Å². The zero-order chi connectivity index (χ0) is 26.8. The van der Waals surface area contributed by atoms with Crippen LogP contribution in [-0.2, 0) is 28.6 Å². The monoisotopic (exact) mass is 502 g/mol. The van der Waals surface area contributed by atoms with E-state index in [-0.39, 0.29) is 58.1 Å². The van der Waals surface area contributed by atoms with Gasteiger partial charge in [0, 0.05) is 28.7 Å². The van der Waals surface area contributed by atoms with Gasteiger partial charge in [-0.05, 0) is 59.3 Å². The smallest absolute Gasteiger partial charge is 0.228 e. The average Bonchev–Trinajstić information content (AvgIpc) is 2.82. The molecule has 0 bridgehead atoms. The second-order valence-corrected chi connectivity index (χ2v) is 12.4. The van der Waals surface area contributed by atoms with Gasteiger partial charge in [0.15, 0.2) is 11.5 Å². The summed E-state index contributed by atoms with van der Waals surface area (Å²) < 4.78 is 18.4. The Morgan fingerprint density at radius 1 is 1.17 bits per heavy atom. The maximum absolute atomic E-state index is 13.8. The first-order valence-corrected chi connectivity index (χ1v) is 13.4. The molecule has 7 heteroatoms. The van der Waals surface area contributed by atoms with Crippen LogP contribution in [-0.4, -0.2) is 53.0 Å². The van der Waals surface area contributed by atoms with Crippen LogP contribution in [0.15, 0.2) is 22.7 Å². The normalized spacial score (nSPS) is 36.4. The Morgan fingerprint density at radius 2 is 1.83 bits per heavy atom. The molecular formula is C29H42O7. The van der Waals surface area contributed by atoms with Crippen LogP contribution in [0.5, 0.6) is 0 Å². The summed E-state index contributed by atoms with van der Waals surface area (Å²) in [5.41, 5.74) is -1.37. The van der Waals surface area contributed by atoms with Gasteiger partial charge in [0.05, 0.1) is 30.5 Å². The molecule has 2 heterocycles. The minimum Gasteiger partial charge on any atom is -0.492 e. The molecule has 0 aromatic carbocycles. The topological polar surface area (TPSA) is 99.1 Å². The van der Waals surface area contributed by atoms with Crippen molar-refractivity contribution in [3.63, 3.8) is 0 Å². The highest BCUT2D eigenvalue weighted by Crippen LogP contribution is 2.60. The van der Waals surface area contributed by atoms with Crippen molar-refractivity contribution in [1.82, 2.24) is 0 Å². The molecule has 1 saturated heterocycles. The maximum Gasteiger partial charge on any atom is 0.228 e. The largest absolute Gasteiger partial charge is 0.492 e. The van der Waals surface area contributed by atoms with Crippen LogP contribution >= 0.6 is 0 Å². The lowest BCUT2D eigenvalue weighted by Crippen LogP contribution is -2.62. The van der Waals surface area contributed by atoms with Gasteiger partial charge in [0.25, 0.3) is 0 Å². The van der Waals surface area contributed by atoms with Crippen molar-refractivity contribution in [3.8, 4) is 0 Å². The predicted molar refractivity (Wildman–Crippen MR) is 134 cm³/mol. The molecule has 1 N–H and O–H groups in total. The number of ether oxygens (including phenoxy) is 3. The first-order chi connectivity index (χ1) is 16.7. The molecule has 4 rings (SSSR count). The van der Waals surface area contributed by atoms with E-state index in [4.69, 9.17) is 14.2 Å². The van der Waals surface area contributed by atoms with Crippen molar-refractivity contribution in [2.75, 3.05) is 7.11 Å². The van der Waals surface area contributed by atoms with Gasteiger partial charge in [-0.1, -0.05) is 27.7 Å². The molecule has 7 atom stereocenters. The zero-order valence-corrected chi connectivity index (χ0v) is 23.0. The minimum absolute atomic E-state index is 0.0328.